The van der Waals surface area contributed by atoms with E-state index in [4.69, 9.17) is 79.1 Å². The molecule has 150 heavy (non-hydrogen) atoms. The van der Waals surface area contributed by atoms with E-state index in [1.807, 2.05) is 349 Å². The average molecular weight is 1940 g/mol. The minimum Gasteiger partial charge on any atom is -0.307 e. The minimum absolute atomic E-state index is 0.0367. The Bertz CT molecular complexity index is 12000. The van der Waals surface area contributed by atoms with Crippen molar-refractivity contribution in [3.05, 3.63) is 527 Å². The van der Waals surface area contributed by atoms with E-state index >= 15 is 0 Å². The highest BCUT2D eigenvalue weighted by molar-refractivity contribution is 6.27. The van der Waals surface area contributed by atoms with E-state index < -0.39 is 103 Å². The Morgan fingerprint density at radius 1 is 0.140 bits per heavy atom. The highest BCUT2D eigenvalue weighted by atomic mass is 15.2. The maximum absolute atomic E-state index is 9.11. The lowest BCUT2D eigenvalue weighted by molar-refractivity contribution is 0.953. The third kappa shape index (κ3) is 15.1. The van der Waals surface area contributed by atoms with Gasteiger partial charge in [0.1, 0.15) is 0 Å². The van der Waals surface area contributed by atoms with Gasteiger partial charge < -0.3 is 13.7 Å². The Balaban J connectivity index is 0.000000121. The average Bonchev–Trinajstić information content (AvgIpc) is 1.54. The first-order valence-corrected chi connectivity index (χ1v) is 48.4. The molecule has 702 valence electrons. The standard InChI is InChI=1S/3C45H29N5/c1-4-15-30(16-5-1)32-19-14-20-33(29-32)44-46-43(31-17-6-2-7-18-31)47-45(48-44)50-40-26-13-11-24-36(40)38-28-27-37-35-23-10-12-25-39(35)49(41(37)42(38)50)34-21-8-3-9-22-34;1-4-14-30(15-5-1)31-24-26-34(27-25-31)49-39-22-12-10-20-35(39)37-28-29-38-36-21-11-13-23-40(36)50(42(38)41(37)49)45-47-43(32-16-6-2-7-17-32)46-44(48-45)33-18-8-3-9-19-33;1-4-16-30(17-5-1)33-22-10-11-25-38(33)44-46-43(31-18-6-2-7-19-31)47-45(48-44)50-40-27-15-13-24-35(40)37-29-28-36-34-23-12-14-26-39(34)49(41(36)42(37)50)32-20-8-3-9-21-32/h3*1-29H/i2D,3D,6D,7D,8D,9D,17D,18D,21D,22D;1D,4D,5D,14D,15D;2D,3D,6D,7D,8D,9D,18D,19D,20D,21D. The fraction of sp³-hybridized carbons (Fsp3) is 0. The van der Waals surface area contributed by atoms with Crippen molar-refractivity contribution in [2.24, 2.45) is 0 Å². The largest absolute Gasteiger partial charge is 0.307 e. The fourth-order valence-electron chi connectivity index (χ4n) is 20.8. The molecule has 0 unspecified atom stereocenters. The van der Waals surface area contributed by atoms with Gasteiger partial charge in [0.05, 0.1) is 100 Å². The molecule has 21 aromatic carbocycles. The van der Waals surface area contributed by atoms with Gasteiger partial charge in [0, 0.05) is 115 Å². The number of rotatable bonds is 15. The van der Waals surface area contributed by atoms with E-state index in [2.05, 4.69) is 45.5 Å². The van der Waals surface area contributed by atoms with Crippen LogP contribution in [0.4, 0.5) is 0 Å². The van der Waals surface area contributed by atoms with Crippen LogP contribution in [0.1, 0.15) is 34.3 Å². The number of hydrogen-bond acceptors (Lipinski definition) is 9. The van der Waals surface area contributed by atoms with Crippen LogP contribution >= 0.6 is 0 Å². The number of hydrogen-bond donors (Lipinski definition) is 0. The molecule has 0 aliphatic rings. The van der Waals surface area contributed by atoms with E-state index in [1.165, 1.54) is 0 Å². The van der Waals surface area contributed by atoms with E-state index in [0.29, 0.717) is 78.4 Å². The summed E-state index contributed by atoms with van der Waals surface area (Å²) in [6, 6.07) is 110. The Hall–Kier alpha value is -20.6. The van der Waals surface area contributed by atoms with Gasteiger partial charge in [-0.1, -0.05) is 448 Å². The van der Waals surface area contributed by atoms with Gasteiger partial charge in [0.15, 0.2) is 34.9 Å². The van der Waals surface area contributed by atoms with Crippen molar-refractivity contribution in [3.8, 4) is 137 Å². The molecular weight excluding hydrogens is 1830 g/mol. The Morgan fingerprint density at radius 3 is 0.753 bits per heavy atom. The summed E-state index contributed by atoms with van der Waals surface area (Å²) < 4.78 is 227. The van der Waals surface area contributed by atoms with Crippen molar-refractivity contribution in [1.29, 1.82) is 0 Å². The molecule has 0 spiro atoms. The molecule has 0 bridgehead atoms. The Labute approximate surface area is 896 Å². The zero-order valence-electron chi connectivity index (χ0n) is 104. The number of nitrogens with zero attached hydrogens (tertiary/aromatic N) is 15. The molecule has 30 rings (SSSR count). The predicted molar refractivity (Wildman–Crippen MR) is 614 cm³/mol. The lowest BCUT2D eigenvalue weighted by atomic mass is 9.99. The summed E-state index contributed by atoms with van der Waals surface area (Å²) in [5.41, 5.74) is 15.9. The van der Waals surface area contributed by atoms with Gasteiger partial charge in [-0.15, -0.1) is 0 Å². The molecule has 0 aliphatic heterocycles. The van der Waals surface area contributed by atoms with Gasteiger partial charge in [-0.25, -0.2) is 15.0 Å². The molecule has 9 heterocycles. The molecule has 0 saturated heterocycles. The number of fused-ring (bicyclic) bond motifs is 21. The minimum atomic E-state index is -0.553. The molecular formula is C135H87N15. The lowest BCUT2D eigenvalue weighted by Gasteiger charge is -2.14. The van der Waals surface area contributed by atoms with Crippen LogP contribution in [0.5, 0.6) is 0 Å². The van der Waals surface area contributed by atoms with Crippen molar-refractivity contribution in [3.63, 3.8) is 0 Å². The summed E-state index contributed by atoms with van der Waals surface area (Å²) >= 11 is 0. The van der Waals surface area contributed by atoms with Crippen LogP contribution in [0.3, 0.4) is 0 Å². The maximum Gasteiger partial charge on any atom is 0.238 e. The van der Waals surface area contributed by atoms with Gasteiger partial charge in [0.25, 0.3) is 0 Å². The smallest absolute Gasteiger partial charge is 0.238 e. The van der Waals surface area contributed by atoms with Crippen LogP contribution in [-0.2, 0) is 0 Å². The van der Waals surface area contributed by atoms with Crippen LogP contribution in [0, 0.1) is 0 Å². The molecule has 15 nitrogen and oxygen atoms in total. The topological polar surface area (TPSA) is 146 Å². The van der Waals surface area contributed by atoms with Gasteiger partial charge in [-0.05, 0) is 112 Å². The second kappa shape index (κ2) is 37.0. The van der Waals surface area contributed by atoms with Crippen molar-refractivity contribution < 1.29 is 34.3 Å². The zero-order chi connectivity index (χ0) is 121. The van der Waals surface area contributed by atoms with Crippen molar-refractivity contribution in [2.45, 2.75) is 0 Å². The molecule has 30 aromatic rings. The highest BCUT2D eigenvalue weighted by Gasteiger charge is 2.30. The summed E-state index contributed by atoms with van der Waals surface area (Å²) in [5.74, 6) is 1.76. The van der Waals surface area contributed by atoms with E-state index in [0.717, 1.165) is 126 Å². The summed E-state index contributed by atoms with van der Waals surface area (Å²) in [5, 5.41) is 10.3. The fourth-order valence-corrected chi connectivity index (χ4v) is 20.8. The van der Waals surface area contributed by atoms with E-state index in [1.54, 1.807) is 9.13 Å². The zero-order valence-corrected chi connectivity index (χ0v) is 79.0. The van der Waals surface area contributed by atoms with Gasteiger partial charge in [0.2, 0.25) is 17.8 Å². The van der Waals surface area contributed by atoms with Crippen molar-refractivity contribution in [1.82, 2.24) is 72.3 Å². The van der Waals surface area contributed by atoms with Crippen LogP contribution in [0.15, 0.2) is 527 Å². The third-order valence-corrected chi connectivity index (χ3v) is 27.2. The Kier molecular flexibility index (Phi) is 16.0. The van der Waals surface area contributed by atoms with E-state index in [-0.39, 0.29) is 112 Å². The first-order chi connectivity index (χ1) is 84.8. The molecule has 0 amide bonds. The van der Waals surface area contributed by atoms with Crippen molar-refractivity contribution >= 4 is 131 Å². The number of benzene rings is 21. The number of para-hydroxylation sites is 8. The molecule has 0 saturated carbocycles. The second-order valence-electron chi connectivity index (χ2n) is 35.6. The lowest BCUT2D eigenvalue weighted by Crippen LogP contribution is -2.07. The van der Waals surface area contributed by atoms with Crippen LogP contribution in [0.25, 0.3) is 267 Å². The molecule has 0 aliphatic carbocycles. The van der Waals surface area contributed by atoms with Gasteiger partial charge in [-0.3, -0.25) is 13.7 Å². The SMILES string of the molecule is [2H]c1c([2H])c([2H])c(-c2ccc(-n3c4ccccc4c4ccc5c6ccccc6n(-c6nc(-c7ccccc7)nc(-c7ccccc7)n6)c5c43)cc2)c([2H])c1[2H].[2H]c1c([2H])c([2H])c(-c2nc(-c3cccc(-c4ccccc4)c3)nc(-n3c4ccccc4c4ccc5c6ccccc6n(-c6c([2H])c([2H])c([2H])c([2H])c6[2H])c5c43)n2)c([2H])c1[2H].[2H]c1c([2H])c([2H])c(-c2nc(-c3ccccc3-c3ccccc3)nc(-n3c4ccccc4c4ccc5c6ccccc6n(-c6c([2H])c([2H])c([2H])c([2H])c6[2H])c5c43)n2)c([2H])c1[2H]. The second-order valence-corrected chi connectivity index (χ2v) is 35.6. The summed E-state index contributed by atoms with van der Waals surface area (Å²) in [7, 11) is 0. The molecule has 9 aromatic heterocycles. The monoisotopic (exact) mass is 1940 g/mol. The van der Waals surface area contributed by atoms with Gasteiger partial charge in [-0.2, -0.15) is 29.9 Å². The van der Waals surface area contributed by atoms with Crippen LogP contribution in [-0.4, -0.2) is 72.3 Å². The predicted octanol–water partition coefficient (Wildman–Crippen LogP) is 33.2. The third-order valence-electron chi connectivity index (χ3n) is 27.2. The van der Waals surface area contributed by atoms with Crippen molar-refractivity contribution in [2.75, 3.05) is 0 Å². The summed E-state index contributed by atoms with van der Waals surface area (Å²) in [6.07, 6.45) is 0. The molecule has 15 heteroatoms. The molecule has 0 fully saturated rings. The highest BCUT2D eigenvalue weighted by Crippen LogP contribution is 2.48. The normalized spacial score (nSPS) is 13.9. The Morgan fingerprint density at radius 2 is 0.387 bits per heavy atom. The summed E-state index contributed by atoms with van der Waals surface area (Å²) in [4.78, 5) is 45.1. The molecule has 0 radical (unpaired) electrons. The maximum atomic E-state index is 9.11. The molecule has 0 N–H and O–H groups in total. The van der Waals surface area contributed by atoms with Crippen LogP contribution < -0.4 is 0 Å². The summed E-state index contributed by atoms with van der Waals surface area (Å²) in [6.45, 7) is 0. The van der Waals surface area contributed by atoms with Gasteiger partial charge >= 0.3 is 0 Å². The molecule has 0 atom stereocenters. The first-order valence-electron chi connectivity index (χ1n) is 60.9. The first kappa shape index (κ1) is 64.9. The van der Waals surface area contributed by atoms with Crippen LogP contribution in [0.2, 0.25) is 0 Å². The van der Waals surface area contributed by atoms with E-state index in [9.17, 15) is 0 Å². The number of aromatic nitrogens is 15. The quantitative estimate of drug-likeness (QED) is 0.0979.